The minimum Gasteiger partial charge on any atom is -0.454 e. The molecular formula is C25H34N4O5. The van der Waals surface area contributed by atoms with Gasteiger partial charge in [0, 0.05) is 31.4 Å². The zero-order valence-electron chi connectivity index (χ0n) is 20.3. The number of ether oxygens (including phenoxy) is 2. The molecule has 2 atom stereocenters. The predicted octanol–water partition coefficient (Wildman–Crippen LogP) is 2.10. The van der Waals surface area contributed by atoms with E-state index in [-0.39, 0.29) is 24.2 Å². The molecule has 1 saturated heterocycles. The molecule has 184 valence electrons. The van der Waals surface area contributed by atoms with Crippen LogP contribution in [0.3, 0.4) is 0 Å². The lowest BCUT2D eigenvalue weighted by Gasteiger charge is -2.26. The van der Waals surface area contributed by atoms with E-state index in [4.69, 9.17) is 9.47 Å². The largest absolute Gasteiger partial charge is 0.454 e. The lowest BCUT2D eigenvalue weighted by Crippen LogP contribution is -2.52. The summed E-state index contributed by atoms with van der Waals surface area (Å²) in [5.41, 5.74) is 0.270. The molecule has 4 rings (SSSR count). The van der Waals surface area contributed by atoms with Gasteiger partial charge in [0.1, 0.15) is 11.6 Å². The summed E-state index contributed by atoms with van der Waals surface area (Å²) in [5, 5.41) is 6.20. The molecule has 1 fully saturated rings. The first-order chi connectivity index (χ1) is 16.3. The molecule has 2 amide bonds. The van der Waals surface area contributed by atoms with Crippen molar-refractivity contribution in [1.82, 2.24) is 20.1 Å². The van der Waals surface area contributed by atoms with Gasteiger partial charge in [-0.25, -0.2) is 0 Å². The Balaban J connectivity index is 1.55. The second-order valence-corrected chi connectivity index (χ2v) is 9.25. The van der Waals surface area contributed by atoms with Crippen LogP contribution in [0, 0.1) is 5.92 Å². The average Bonchev–Trinajstić information content (AvgIpc) is 3.48. The number of likely N-dealkylation sites (N-methyl/N-ethyl adjacent to an activating group) is 1. The van der Waals surface area contributed by atoms with Gasteiger partial charge in [-0.05, 0) is 44.8 Å². The summed E-state index contributed by atoms with van der Waals surface area (Å²) in [7, 11) is 0. The molecule has 0 bridgehead atoms. The number of likely N-dealkylation sites (tertiary alicyclic amines) is 1. The zero-order chi connectivity index (χ0) is 24.4. The second-order valence-electron chi connectivity index (χ2n) is 9.25. The van der Waals surface area contributed by atoms with Crippen LogP contribution in [0.25, 0.3) is 10.9 Å². The molecule has 3 heterocycles. The Morgan fingerprint density at radius 3 is 2.56 bits per heavy atom. The Labute approximate surface area is 199 Å². The molecule has 0 spiro atoms. The van der Waals surface area contributed by atoms with Crippen molar-refractivity contribution in [3.05, 3.63) is 34.1 Å². The van der Waals surface area contributed by atoms with Gasteiger partial charge in [-0.15, -0.1) is 0 Å². The molecule has 0 saturated carbocycles. The molecule has 1 aromatic carbocycles. The third kappa shape index (κ3) is 4.61. The molecule has 1 aromatic heterocycles. The van der Waals surface area contributed by atoms with E-state index >= 15 is 0 Å². The molecule has 2 aliphatic heterocycles. The van der Waals surface area contributed by atoms with E-state index in [1.807, 2.05) is 25.3 Å². The van der Waals surface area contributed by atoms with Gasteiger partial charge >= 0.3 is 0 Å². The Hall–Kier alpha value is -3.07. The second kappa shape index (κ2) is 10.0. The summed E-state index contributed by atoms with van der Waals surface area (Å²) in [6.45, 7) is 11.0. The maximum atomic E-state index is 13.3. The van der Waals surface area contributed by atoms with Gasteiger partial charge in [-0.3, -0.25) is 19.3 Å². The van der Waals surface area contributed by atoms with Crippen LogP contribution in [0.15, 0.2) is 23.1 Å². The van der Waals surface area contributed by atoms with Crippen molar-refractivity contribution >= 4 is 22.7 Å². The number of pyridine rings is 1. The summed E-state index contributed by atoms with van der Waals surface area (Å²) < 4.78 is 12.7. The minimum absolute atomic E-state index is 0.000355. The van der Waals surface area contributed by atoms with Gasteiger partial charge in [-0.1, -0.05) is 20.8 Å². The number of fused-ring (bicyclic) bond motifs is 2. The van der Waals surface area contributed by atoms with Crippen LogP contribution in [0.4, 0.5) is 0 Å². The molecule has 0 aliphatic carbocycles. The van der Waals surface area contributed by atoms with E-state index < -0.39 is 17.4 Å². The lowest BCUT2D eigenvalue weighted by atomic mass is 10.0. The maximum Gasteiger partial charge on any atom is 0.257 e. The van der Waals surface area contributed by atoms with E-state index in [1.54, 1.807) is 18.3 Å². The number of hydrogen-bond donors (Lipinski definition) is 2. The first kappa shape index (κ1) is 24.1. The Morgan fingerprint density at radius 1 is 1.15 bits per heavy atom. The van der Waals surface area contributed by atoms with Crippen molar-refractivity contribution in [2.45, 2.75) is 59.2 Å². The maximum absolute atomic E-state index is 13.3. The van der Waals surface area contributed by atoms with Crippen LogP contribution in [0.5, 0.6) is 11.5 Å². The average molecular weight is 471 g/mol. The molecule has 2 aliphatic rings. The van der Waals surface area contributed by atoms with Crippen molar-refractivity contribution in [3.63, 3.8) is 0 Å². The van der Waals surface area contributed by atoms with Crippen LogP contribution in [-0.2, 0) is 11.3 Å². The third-order valence-electron chi connectivity index (χ3n) is 6.81. The molecule has 34 heavy (non-hydrogen) atoms. The number of nitrogens with one attached hydrogen (secondary N) is 2. The third-order valence-corrected chi connectivity index (χ3v) is 6.81. The topological polar surface area (TPSA) is 102 Å². The van der Waals surface area contributed by atoms with Crippen LogP contribution in [0.1, 0.15) is 50.9 Å². The number of rotatable bonds is 8. The van der Waals surface area contributed by atoms with Crippen LogP contribution in [0.2, 0.25) is 0 Å². The normalized spacial score (nSPS) is 18.4. The highest BCUT2D eigenvalue weighted by Crippen LogP contribution is 2.35. The van der Waals surface area contributed by atoms with Gasteiger partial charge in [0.25, 0.3) is 5.91 Å². The first-order valence-electron chi connectivity index (χ1n) is 12.1. The van der Waals surface area contributed by atoms with Crippen molar-refractivity contribution < 1.29 is 19.1 Å². The quantitative estimate of drug-likeness (QED) is 0.613. The standard InChI is InChI=1S/C25H34N4O5/c1-5-28-9-7-8-16(28)12-26-25(32)22(15(3)4)27-24(31)18-13-29(6-2)19-11-21-20(33-14-34-21)10-17(19)23(18)30/h10-11,13,15-16,22H,5-9,12,14H2,1-4H3,(H,26,32)(H,27,31)/t16-,22-/m0/s1. The number of benzene rings is 1. The van der Waals surface area contributed by atoms with Crippen LogP contribution in [-0.4, -0.2) is 59.8 Å². The zero-order valence-corrected chi connectivity index (χ0v) is 20.3. The van der Waals surface area contributed by atoms with E-state index in [0.717, 1.165) is 25.9 Å². The van der Waals surface area contributed by atoms with Crippen molar-refractivity contribution in [2.24, 2.45) is 5.92 Å². The van der Waals surface area contributed by atoms with Gasteiger partial charge in [-0.2, -0.15) is 0 Å². The van der Waals surface area contributed by atoms with Gasteiger partial charge in [0.2, 0.25) is 18.1 Å². The molecule has 0 unspecified atom stereocenters. The van der Waals surface area contributed by atoms with Crippen LogP contribution < -0.4 is 25.5 Å². The monoisotopic (exact) mass is 470 g/mol. The van der Waals surface area contributed by atoms with E-state index in [9.17, 15) is 14.4 Å². The summed E-state index contributed by atoms with van der Waals surface area (Å²) in [5.74, 6) is 0.129. The molecule has 0 radical (unpaired) electrons. The Morgan fingerprint density at radius 2 is 1.88 bits per heavy atom. The molecule has 2 aromatic rings. The highest BCUT2D eigenvalue weighted by molar-refractivity contribution is 6.00. The van der Waals surface area contributed by atoms with Gasteiger partial charge in [0.05, 0.1) is 10.9 Å². The molecular weight excluding hydrogens is 436 g/mol. The first-order valence-corrected chi connectivity index (χ1v) is 12.1. The smallest absolute Gasteiger partial charge is 0.257 e. The van der Waals surface area contributed by atoms with E-state index in [0.29, 0.717) is 41.5 Å². The number of aromatic nitrogens is 1. The number of carbonyl (C=O) groups is 2. The summed E-state index contributed by atoms with van der Waals surface area (Å²) >= 11 is 0. The molecule has 9 heteroatoms. The number of nitrogens with zero attached hydrogens (tertiary/aromatic N) is 2. The van der Waals surface area contributed by atoms with Crippen molar-refractivity contribution in [2.75, 3.05) is 26.4 Å². The SMILES string of the molecule is CCN1CCC[C@H]1CNC(=O)[C@@H](NC(=O)c1cn(CC)c2cc3c(cc2c1=O)OCO3)C(C)C. The number of carbonyl (C=O) groups excluding carboxylic acids is 2. The number of hydrogen-bond acceptors (Lipinski definition) is 6. The fraction of sp³-hybridized carbons (Fsp3) is 0.560. The van der Waals surface area contributed by atoms with Crippen molar-refractivity contribution in [1.29, 1.82) is 0 Å². The lowest BCUT2D eigenvalue weighted by molar-refractivity contribution is -0.124. The Bertz CT molecular complexity index is 1140. The number of amides is 2. The Kier molecular flexibility index (Phi) is 7.11. The highest BCUT2D eigenvalue weighted by Gasteiger charge is 2.29. The summed E-state index contributed by atoms with van der Waals surface area (Å²) in [6, 6.07) is 2.96. The van der Waals surface area contributed by atoms with E-state index in [2.05, 4.69) is 22.5 Å². The van der Waals surface area contributed by atoms with Gasteiger partial charge in [0.15, 0.2) is 11.5 Å². The molecule has 9 nitrogen and oxygen atoms in total. The van der Waals surface area contributed by atoms with Gasteiger partial charge < -0.3 is 24.7 Å². The van der Waals surface area contributed by atoms with E-state index in [1.165, 1.54) is 0 Å². The fourth-order valence-electron chi connectivity index (χ4n) is 4.83. The number of aryl methyl sites for hydroxylation is 1. The predicted molar refractivity (Wildman–Crippen MR) is 129 cm³/mol. The summed E-state index contributed by atoms with van der Waals surface area (Å²) in [4.78, 5) is 41.8. The van der Waals surface area contributed by atoms with Crippen molar-refractivity contribution in [3.8, 4) is 11.5 Å². The van der Waals surface area contributed by atoms with Crippen LogP contribution >= 0.6 is 0 Å². The summed E-state index contributed by atoms with van der Waals surface area (Å²) in [6.07, 6.45) is 3.73. The highest BCUT2D eigenvalue weighted by atomic mass is 16.7. The molecule has 2 N–H and O–H groups in total. The minimum atomic E-state index is -0.745. The fourth-order valence-corrected chi connectivity index (χ4v) is 4.83.